The first kappa shape index (κ1) is 21.9. The summed E-state index contributed by atoms with van der Waals surface area (Å²) in [6.07, 6.45) is -5.98. The number of isocyanates is 1. The second-order valence-electron chi connectivity index (χ2n) is 6.10. The van der Waals surface area contributed by atoms with Gasteiger partial charge < -0.3 is 25.2 Å². The van der Waals surface area contributed by atoms with E-state index in [9.17, 15) is 44.4 Å². The molecule has 0 radical (unpaired) electrons. The van der Waals surface area contributed by atoms with Gasteiger partial charge in [-0.05, 0) is 27.7 Å². The summed E-state index contributed by atoms with van der Waals surface area (Å²) in [4.78, 5) is 61.6. The topological polar surface area (TPSA) is 188 Å². The average Bonchev–Trinajstić information content (AvgIpc) is 2.53. The molecule has 0 saturated carbocycles. The van der Waals surface area contributed by atoms with E-state index < -0.39 is 58.4 Å². The molecule has 4 N–H and O–H groups in total. The minimum atomic E-state index is -3.60. The SMILES string of the molecule is CC(=O)C(O)[C@H]1O[C@@H](N=C=O)[C@@](O)(C(C)=O)[C@](O)(C(C)=O)[C@@]1(O)C(C)=O. The van der Waals surface area contributed by atoms with E-state index in [4.69, 9.17) is 4.74 Å². The fraction of sp³-hybridized carbons (Fsp3) is 0.667. The molecule has 144 valence electrons. The lowest BCUT2D eigenvalue weighted by molar-refractivity contribution is -0.325. The standard InChI is InChI=1S/C15H19NO10/c1-6(18)10(22)11-13(23,7(2)19)15(25,9(4)21)14(24,8(3)20)12(26-11)16-5-17/h10-12,22-25H,1-4H3/t10?,11-,12-,13-,14+,15+/m1/s1. The molecular formula is C15H19NO10. The van der Waals surface area contributed by atoms with Gasteiger partial charge in [-0.25, -0.2) is 4.79 Å². The molecule has 0 aromatic carbocycles. The molecule has 0 amide bonds. The first-order chi connectivity index (χ1) is 11.7. The average molecular weight is 373 g/mol. The predicted molar refractivity (Wildman–Crippen MR) is 80.4 cm³/mol. The van der Waals surface area contributed by atoms with E-state index >= 15 is 0 Å². The summed E-state index contributed by atoms with van der Waals surface area (Å²) in [5.41, 5.74) is -10.4. The summed E-state index contributed by atoms with van der Waals surface area (Å²) in [5, 5.41) is 42.6. The summed E-state index contributed by atoms with van der Waals surface area (Å²) in [5.74, 6) is -5.28. The van der Waals surface area contributed by atoms with E-state index in [2.05, 4.69) is 4.99 Å². The van der Waals surface area contributed by atoms with Crippen molar-refractivity contribution in [3.05, 3.63) is 0 Å². The molecule has 11 nitrogen and oxygen atoms in total. The molecule has 1 aliphatic heterocycles. The number of hydrogen-bond acceptors (Lipinski definition) is 11. The van der Waals surface area contributed by atoms with Crippen LogP contribution in [-0.2, 0) is 28.7 Å². The van der Waals surface area contributed by atoms with Crippen LogP contribution in [0.4, 0.5) is 0 Å². The van der Waals surface area contributed by atoms with Crippen LogP contribution in [0.15, 0.2) is 4.99 Å². The van der Waals surface area contributed by atoms with Gasteiger partial charge in [0.05, 0.1) is 0 Å². The van der Waals surface area contributed by atoms with Crippen LogP contribution in [0.5, 0.6) is 0 Å². The largest absolute Gasteiger partial charge is 0.382 e. The highest BCUT2D eigenvalue weighted by molar-refractivity contribution is 6.05. The van der Waals surface area contributed by atoms with Crippen molar-refractivity contribution in [3.63, 3.8) is 0 Å². The maximum atomic E-state index is 12.2. The Hall–Kier alpha value is -2.14. The fourth-order valence-corrected chi connectivity index (χ4v) is 3.12. The van der Waals surface area contributed by atoms with Crippen LogP contribution in [0.2, 0.25) is 0 Å². The van der Waals surface area contributed by atoms with Gasteiger partial charge in [-0.2, -0.15) is 4.99 Å². The summed E-state index contributed by atoms with van der Waals surface area (Å²) < 4.78 is 5.00. The van der Waals surface area contributed by atoms with E-state index in [1.165, 1.54) is 0 Å². The number of aliphatic hydroxyl groups is 4. The molecule has 1 unspecified atom stereocenters. The molecule has 1 heterocycles. The zero-order chi connectivity index (χ0) is 20.7. The molecule has 11 heteroatoms. The zero-order valence-electron chi connectivity index (χ0n) is 14.4. The number of carbonyl (C=O) groups excluding carboxylic acids is 5. The summed E-state index contributed by atoms with van der Waals surface area (Å²) >= 11 is 0. The number of ketones is 4. The lowest BCUT2D eigenvalue weighted by atomic mass is 9.59. The van der Waals surface area contributed by atoms with Gasteiger partial charge >= 0.3 is 0 Å². The normalized spacial score (nSPS) is 38.0. The Labute approximate surface area is 147 Å². The summed E-state index contributed by atoms with van der Waals surface area (Å²) in [6.45, 7) is 2.87. The van der Waals surface area contributed by atoms with Crippen molar-refractivity contribution < 1.29 is 49.1 Å². The van der Waals surface area contributed by atoms with Crippen molar-refractivity contribution in [1.29, 1.82) is 0 Å². The molecule has 6 atom stereocenters. The van der Waals surface area contributed by atoms with E-state index in [-0.39, 0.29) is 0 Å². The van der Waals surface area contributed by atoms with Crippen molar-refractivity contribution >= 4 is 29.2 Å². The molecule has 0 aromatic heterocycles. The maximum absolute atomic E-state index is 12.2. The minimum Gasteiger partial charge on any atom is -0.382 e. The first-order valence-electron chi connectivity index (χ1n) is 7.35. The predicted octanol–water partition coefficient (Wildman–Crippen LogP) is -3.04. The second-order valence-corrected chi connectivity index (χ2v) is 6.10. The van der Waals surface area contributed by atoms with Crippen molar-refractivity contribution in [1.82, 2.24) is 0 Å². The number of aliphatic hydroxyl groups excluding tert-OH is 1. The van der Waals surface area contributed by atoms with Crippen LogP contribution in [0.3, 0.4) is 0 Å². The number of ether oxygens (including phenoxy) is 1. The molecule has 1 rings (SSSR count). The quantitative estimate of drug-likeness (QED) is 0.275. The van der Waals surface area contributed by atoms with Gasteiger partial charge in [-0.1, -0.05) is 0 Å². The van der Waals surface area contributed by atoms with Crippen LogP contribution in [0.1, 0.15) is 27.7 Å². The Morgan fingerprint density at radius 2 is 1.42 bits per heavy atom. The van der Waals surface area contributed by atoms with Crippen LogP contribution in [0, 0.1) is 0 Å². The molecule has 1 saturated heterocycles. The molecule has 0 bridgehead atoms. The zero-order valence-corrected chi connectivity index (χ0v) is 14.4. The molecule has 0 aliphatic carbocycles. The summed E-state index contributed by atoms with van der Waals surface area (Å²) in [7, 11) is 0. The van der Waals surface area contributed by atoms with Crippen molar-refractivity contribution in [2.24, 2.45) is 4.99 Å². The van der Waals surface area contributed by atoms with E-state index in [1.807, 2.05) is 0 Å². The Kier molecular flexibility index (Phi) is 5.79. The monoisotopic (exact) mass is 373 g/mol. The van der Waals surface area contributed by atoms with Crippen LogP contribution in [-0.4, -0.2) is 84.9 Å². The Balaban J connectivity index is 4.00. The number of carbonyl (C=O) groups is 4. The van der Waals surface area contributed by atoms with E-state index in [0.717, 1.165) is 13.0 Å². The maximum Gasteiger partial charge on any atom is 0.237 e. The Bertz CT molecular complexity index is 713. The van der Waals surface area contributed by atoms with Gasteiger partial charge in [0.25, 0.3) is 0 Å². The third-order valence-electron chi connectivity index (χ3n) is 4.60. The first-order valence-corrected chi connectivity index (χ1v) is 7.35. The fourth-order valence-electron chi connectivity index (χ4n) is 3.12. The number of Topliss-reactive ketones (excluding diaryl/α,β-unsaturated/α-hetero) is 4. The highest BCUT2D eigenvalue weighted by Crippen LogP contribution is 2.47. The van der Waals surface area contributed by atoms with Gasteiger partial charge in [0.2, 0.25) is 17.3 Å². The minimum absolute atomic E-state index is 0.645. The van der Waals surface area contributed by atoms with Crippen LogP contribution < -0.4 is 0 Å². The highest BCUT2D eigenvalue weighted by Gasteiger charge is 2.79. The molecule has 1 fully saturated rings. The lowest BCUT2D eigenvalue weighted by Gasteiger charge is -2.57. The Morgan fingerprint density at radius 3 is 1.73 bits per heavy atom. The lowest BCUT2D eigenvalue weighted by Crippen LogP contribution is -2.86. The number of aliphatic imine (C=N–C) groups is 1. The Morgan fingerprint density at radius 1 is 0.962 bits per heavy atom. The third-order valence-corrected chi connectivity index (χ3v) is 4.60. The third kappa shape index (κ3) is 2.57. The highest BCUT2D eigenvalue weighted by atomic mass is 16.6. The molecule has 1 aliphatic rings. The number of hydrogen-bond donors (Lipinski definition) is 4. The van der Waals surface area contributed by atoms with Crippen molar-refractivity contribution in [2.45, 2.75) is 62.9 Å². The van der Waals surface area contributed by atoms with Crippen LogP contribution >= 0.6 is 0 Å². The van der Waals surface area contributed by atoms with Gasteiger partial charge in [0, 0.05) is 0 Å². The smallest absolute Gasteiger partial charge is 0.237 e. The summed E-state index contributed by atoms with van der Waals surface area (Å²) in [6, 6.07) is 0. The van der Waals surface area contributed by atoms with Crippen molar-refractivity contribution in [3.8, 4) is 0 Å². The van der Waals surface area contributed by atoms with Gasteiger partial charge in [0.15, 0.2) is 35.0 Å². The molecule has 0 spiro atoms. The molecule has 0 aromatic rings. The van der Waals surface area contributed by atoms with Gasteiger partial charge in [-0.3, -0.25) is 19.2 Å². The van der Waals surface area contributed by atoms with Crippen LogP contribution in [0.25, 0.3) is 0 Å². The van der Waals surface area contributed by atoms with Gasteiger partial charge in [0.1, 0.15) is 12.2 Å². The number of rotatable bonds is 6. The molecule has 26 heavy (non-hydrogen) atoms. The van der Waals surface area contributed by atoms with E-state index in [0.29, 0.717) is 20.8 Å². The van der Waals surface area contributed by atoms with E-state index in [1.54, 1.807) is 0 Å². The number of nitrogens with zero attached hydrogens (tertiary/aromatic N) is 1. The molecular weight excluding hydrogens is 354 g/mol. The second kappa shape index (κ2) is 6.88. The van der Waals surface area contributed by atoms with Crippen molar-refractivity contribution in [2.75, 3.05) is 0 Å². The van der Waals surface area contributed by atoms with Gasteiger partial charge in [-0.15, -0.1) is 0 Å².